The van der Waals surface area contributed by atoms with Gasteiger partial charge in [0.05, 0.1) is 23.0 Å². The molecule has 0 atom stereocenters. The molecule has 1 aromatic heterocycles. The Morgan fingerprint density at radius 2 is 1.71 bits per heavy atom. The number of nitrogens with one attached hydrogen (secondary N) is 2. The summed E-state index contributed by atoms with van der Waals surface area (Å²) < 4.78 is 38.5. The predicted molar refractivity (Wildman–Crippen MR) is 103 cm³/mol. The SMILES string of the molecule is Cc1cccc(Nc2cncc(C(=O)Nc3cccc(C(F)(F)F)c3)c2)c1C. The lowest BCUT2D eigenvalue weighted by Gasteiger charge is -2.12. The maximum atomic E-state index is 12.8. The van der Waals surface area contributed by atoms with Crippen LogP contribution in [0.15, 0.2) is 60.9 Å². The van der Waals surface area contributed by atoms with E-state index >= 15 is 0 Å². The molecule has 0 aliphatic carbocycles. The first kappa shape index (κ1) is 19.4. The summed E-state index contributed by atoms with van der Waals surface area (Å²) >= 11 is 0. The fraction of sp³-hybridized carbons (Fsp3) is 0.143. The van der Waals surface area contributed by atoms with E-state index < -0.39 is 17.6 Å². The molecule has 0 unspecified atom stereocenters. The Bertz CT molecular complexity index is 1020. The number of carbonyl (C=O) groups is 1. The fourth-order valence-corrected chi connectivity index (χ4v) is 2.65. The molecule has 3 aromatic rings. The molecule has 0 aliphatic heterocycles. The second-order valence-electron chi connectivity index (χ2n) is 6.37. The summed E-state index contributed by atoms with van der Waals surface area (Å²) in [7, 11) is 0. The molecule has 4 nitrogen and oxygen atoms in total. The van der Waals surface area contributed by atoms with Gasteiger partial charge in [0.1, 0.15) is 0 Å². The van der Waals surface area contributed by atoms with Crippen LogP contribution in [0.4, 0.5) is 30.2 Å². The van der Waals surface area contributed by atoms with Crippen molar-refractivity contribution in [2.24, 2.45) is 0 Å². The molecular formula is C21H18F3N3O. The van der Waals surface area contributed by atoms with E-state index in [4.69, 9.17) is 0 Å². The van der Waals surface area contributed by atoms with Crippen LogP contribution in [0.2, 0.25) is 0 Å². The van der Waals surface area contributed by atoms with Crippen molar-refractivity contribution >= 4 is 23.0 Å². The quantitative estimate of drug-likeness (QED) is 0.605. The number of hydrogen-bond donors (Lipinski definition) is 2. The number of pyridine rings is 1. The number of nitrogens with zero attached hydrogens (tertiary/aromatic N) is 1. The molecule has 0 saturated carbocycles. The monoisotopic (exact) mass is 385 g/mol. The van der Waals surface area contributed by atoms with Gasteiger partial charge in [-0.15, -0.1) is 0 Å². The number of anilines is 3. The van der Waals surface area contributed by atoms with Crippen molar-refractivity contribution in [2.75, 3.05) is 10.6 Å². The number of benzene rings is 2. The van der Waals surface area contributed by atoms with Crippen LogP contribution in [-0.2, 0) is 6.18 Å². The first-order valence-corrected chi connectivity index (χ1v) is 8.51. The molecule has 144 valence electrons. The normalized spacial score (nSPS) is 11.2. The van der Waals surface area contributed by atoms with Crippen LogP contribution in [0.5, 0.6) is 0 Å². The summed E-state index contributed by atoms with van der Waals surface area (Å²) in [6.45, 7) is 3.98. The third-order valence-electron chi connectivity index (χ3n) is 4.33. The van der Waals surface area contributed by atoms with Crippen LogP contribution in [0.25, 0.3) is 0 Å². The van der Waals surface area contributed by atoms with E-state index in [0.717, 1.165) is 28.9 Å². The van der Waals surface area contributed by atoms with Crippen LogP contribution < -0.4 is 10.6 Å². The van der Waals surface area contributed by atoms with Crippen LogP contribution in [0.1, 0.15) is 27.0 Å². The molecule has 1 amide bonds. The zero-order chi connectivity index (χ0) is 20.3. The van der Waals surface area contributed by atoms with Crippen LogP contribution >= 0.6 is 0 Å². The molecule has 3 rings (SSSR count). The Balaban J connectivity index is 1.78. The average Bonchev–Trinajstić information content (AvgIpc) is 2.65. The molecule has 7 heteroatoms. The second kappa shape index (κ2) is 7.72. The van der Waals surface area contributed by atoms with Gasteiger partial charge in [-0.25, -0.2) is 0 Å². The van der Waals surface area contributed by atoms with Crippen molar-refractivity contribution in [3.8, 4) is 0 Å². The minimum Gasteiger partial charge on any atom is -0.354 e. The third-order valence-corrected chi connectivity index (χ3v) is 4.33. The Hall–Kier alpha value is -3.35. The molecule has 0 radical (unpaired) electrons. The molecule has 0 fully saturated rings. The van der Waals surface area contributed by atoms with Gasteiger partial charge >= 0.3 is 6.18 Å². The maximum absolute atomic E-state index is 12.8. The lowest BCUT2D eigenvalue weighted by Crippen LogP contribution is -2.13. The van der Waals surface area contributed by atoms with Gasteiger partial charge in [-0.2, -0.15) is 13.2 Å². The van der Waals surface area contributed by atoms with Crippen LogP contribution in [0.3, 0.4) is 0 Å². The number of halogens is 3. The summed E-state index contributed by atoms with van der Waals surface area (Å²) in [6.07, 6.45) is -1.54. The van der Waals surface area contributed by atoms with E-state index in [0.29, 0.717) is 5.69 Å². The summed E-state index contributed by atoms with van der Waals surface area (Å²) in [6, 6.07) is 11.9. The molecule has 2 N–H and O–H groups in total. The average molecular weight is 385 g/mol. The number of aromatic nitrogens is 1. The van der Waals surface area contributed by atoms with Crippen molar-refractivity contribution in [1.82, 2.24) is 4.98 Å². The van der Waals surface area contributed by atoms with Gasteiger partial charge in [-0.3, -0.25) is 9.78 Å². The van der Waals surface area contributed by atoms with Gasteiger partial charge in [0.25, 0.3) is 5.91 Å². The molecule has 0 saturated heterocycles. The van der Waals surface area contributed by atoms with E-state index in [2.05, 4.69) is 15.6 Å². The predicted octanol–water partition coefficient (Wildman–Crippen LogP) is 5.71. The molecule has 1 heterocycles. The minimum absolute atomic E-state index is 0.0627. The maximum Gasteiger partial charge on any atom is 0.416 e. The molecule has 0 bridgehead atoms. The van der Waals surface area contributed by atoms with Gasteiger partial charge < -0.3 is 10.6 Å². The van der Waals surface area contributed by atoms with E-state index in [-0.39, 0.29) is 11.3 Å². The molecular weight excluding hydrogens is 367 g/mol. The topological polar surface area (TPSA) is 54.0 Å². The standard InChI is InChI=1S/C21H18F3N3O/c1-13-5-3-8-19(14(13)2)26-18-9-15(11-25-12-18)20(28)27-17-7-4-6-16(10-17)21(22,23)24/h3-12,26H,1-2H3,(H,27,28). The summed E-state index contributed by atoms with van der Waals surface area (Å²) in [5, 5.41) is 5.69. The van der Waals surface area contributed by atoms with Crippen molar-refractivity contribution in [1.29, 1.82) is 0 Å². The lowest BCUT2D eigenvalue weighted by atomic mass is 10.1. The van der Waals surface area contributed by atoms with E-state index in [1.54, 1.807) is 12.3 Å². The zero-order valence-electron chi connectivity index (χ0n) is 15.3. The number of amides is 1. The van der Waals surface area contributed by atoms with Gasteiger partial charge in [0, 0.05) is 17.6 Å². The molecule has 2 aromatic carbocycles. The van der Waals surface area contributed by atoms with Gasteiger partial charge in [0.15, 0.2) is 0 Å². The van der Waals surface area contributed by atoms with Gasteiger partial charge in [0.2, 0.25) is 0 Å². The van der Waals surface area contributed by atoms with Crippen molar-refractivity contribution in [3.05, 3.63) is 83.2 Å². The highest BCUT2D eigenvalue weighted by atomic mass is 19.4. The number of hydrogen-bond acceptors (Lipinski definition) is 3. The highest BCUT2D eigenvalue weighted by Crippen LogP contribution is 2.31. The van der Waals surface area contributed by atoms with Crippen molar-refractivity contribution in [3.63, 3.8) is 0 Å². The number of aryl methyl sites for hydroxylation is 1. The molecule has 0 aliphatic rings. The Labute approximate surface area is 160 Å². The first-order chi connectivity index (χ1) is 13.2. The molecule has 28 heavy (non-hydrogen) atoms. The number of carbonyl (C=O) groups excluding carboxylic acids is 1. The summed E-state index contributed by atoms with van der Waals surface area (Å²) in [4.78, 5) is 16.5. The second-order valence-corrected chi connectivity index (χ2v) is 6.37. The van der Waals surface area contributed by atoms with E-state index in [1.807, 2.05) is 32.0 Å². The highest BCUT2D eigenvalue weighted by Gasteiger charge is 2.30. The molecule has 0 spiro atoms. The Kier molecular flexibility index (Phi) is 5.35. The van der Waals surface area contributed by atoms with E-state index in [9.17, 15) is 18.0 Å². The highest BCUT2D eigenvalue weighted by molar-refractivity contribution is 6.04. The van der Waals surface area contributed by atoms with Gasteiger partial charge in [-0.05, 0) is 55.3 Å². The summed E-state index contributed by atoms with van der Waals surface area (Å²) in [5.74, 6) is -0.545. The smallest absolute Gasteiger partial charge is 0.354 e. The van der Waals surface area contributed by atoms with Crippen LogP contribution in [0, 0.1) is 13.8 Å². The minimum atomic E-state index is -4.47. The third kappa shape index (κ3) is 4.49. The number of rotatable bonds is 4. The lowest BCUT2D eigenvalue weighted by molar-refractivity contribution is -0.137. The van der Waals surface area contributed by atoms with E-state index in [1.165, 1.54) is 18.3 Å². The van der Waals surface area contributed by atoms with Crippen LogP contribution in [-0.4, -0.2) is 10.9 Å². The first-order valence-electron chi connectivity index (χ1n) is 8.51. The summed E-state index contributed by atoms with van der Waals surface area (Å²) in [5.41, 5.74) is 3.15. The van der Waals surface area contributed by atoms with Crippen molar-refractivity contribution < 1.29 is 18.0 Å². The van der Waals surface area contributed by atoms with Gasteiger partial charge in [-0.1, -0.05) is 18.2 Å². The Morgan fingerprint density at radius 3 is 2.46 bits per heavy atom. The Morgan fingerprint density at radius 1 is 0.964 bits per heavy atom. The zero-order valence-corrected chi connectivity index (χ0v) is 15.3. The number of alkyl halides is 3. The fourth-order valence-electron chi connectivity index (χ4n) is 2.65. The van der Waals surface area contributed by atoms with Crippen molar-refractivity contribution in [2.45, 2.75) is 20.0 Å². The largest absolute Gasteiger partial charge is 0.416 e.